The molecule has 6 nitrogen and oxygen atoms in total. The zero-order chi connectivity index (χ0) is 15.8. The van der Waals surface area contributed by atoms with Crippen molar-refractivity contribution in [3.63, 3.8) is 0 Å². The van der Waals surface area contributed by atoms with Gasteiger partial charge in [0.05, 0.1) is 12.2 Å². The van der Waals surface area contributed by atoms with Gasteiger partial charge in [0.2, 0.25) is 0 Å². The Labute approximate surface area is 122 Å². The number of phenolic OH excluding ortho intramolecular Hbond substituents is 1. The van der Waals surface area contributed by atoms with E-state index < -0.39 is 11.7 Å². The fourth-order valence-corrected chi connectivity index (χ4v) is 1.46. The van der Waals surface area contributed by atoms with Crippen molar-refractivity contribution in [2.75, 3.05) is 12.3 Å². The number of anilines is 1. The molecule has 0 aliphatic rings. The quantitative estimate of drug-likeness (QED) is 0.508. The van der Waals surface area contributed by atoms with E-state index in [9.17, 15) is 4.79 Å². The normalized spacial score (nSPS) is 9.38. The molecule has 112 valence electrons. The van der Waals surface area contributed by atoms with Gasteiger partial charge in [0, 0.05) is 5.69 Å². The topological polar surface area (TPSA) is 119 Å². The second-order valence-electron chi connectivity index (χ2n) is 4.04. The number of ether oxygens (including phenoxy) is 1. The summed E-state index contributed by atoms with van der Waals surface area (Å²) in [4.78, 5) is 10.5. The Morgan fingerprint density at radius 1 is 1.14 bits per heavy atom. The molecule has 2 aromatic carbocycles. The minimum Gasteiger partial charge on any atom is -0.504 e. The number of hydrogen-bond acceptors (Lipinski definition) is 5. The van der Waals surface area contributed by atoms with Gasteiger partial charge < -0.3 is 26.4 Å². The number of rotatable bonds is 3. The maximum Gasteiger partial charge on any atom is 0.252 e. The average molecular weight is 290 g/mol. The molecule has 0 fully saturated rings. The third-order valence-electron chi connectivity index (χ3n) is 2.47. The molecule has 1 amide bonds. The van der Waals surface area contributed by atoms with Crippen molar-refractivity contribution in [3.8, 4) is 17.2 Å². The van der Waals surface area contributed by atoms with Crippen LogP contribution in [0, 0.1) is 0 Å². The van der Waals surface area contributed by atoms with Crippen LogP contribution in [0.3, 0.4) is 0 Å². The molecule has 0 atom stereocenters. The summed E-state index contributed by atoms with van der Waals surface area (Å²) in [7, 11) is 0. The van der Waals surface area contributed by atoms with Gasteiger partial charge in [-0.2, -0.15) is 0 Å². The van der Waals surface area contributed by atoms with Gasteiger partial charge in [-0.05, 0) is 43.3 Å². The van der Waals surface area contributed by atoms with Crippen molar-refractivity contribution in [1.29, 1.82) is 0 Å². The van der Waals surface area contributed by atoms with E-state index >= 15 is 0 Å². The van der Waals surface area contributed by atoms with Crippen molar-refractivity contribution in [3.05, 3.63) is 48.0 Å². The van der Waals surface area contributed by atoms with E-state index in [-0.39, 0.29) is 11.3 Å². The van der Waals surface area contributed by atoms with Crippen LogP contribution in [0.1, 0.15) is 17.3 Å². The van der Waals surface area contributed by atoms with Gasteiger partial charge in [-0.1, -0.05) is 6.07 Å². The lowest BCUT2D eigenvalue weighted by atomic mass is 10.2. The molecule has 6 heteroatoms. The number of primary amides is 1. The Bertz CT molecular complexity index is 597. The maximum atomic E-state index is 10.5. The molecule has 2 rings (SSSR count). The van der Waals surface area contributed by atoms with Crippen LogP contribution in [-0.2, 0) is 0 Å². The van der Waals surface area contributed by atoms with Gasteiger partial charge in [0.1, 0.15) is 5.75 Å². The van der Waals surface area contributed by atoms with Crippen LogP contribution in [0.15, 0.2) is 42.5 Å². The van der Waals surface area contributed by atoms with Crippen LogP contribution in [0.4, 0.5) is 5.69 Å². The zero-order valence-corrected chi connectivity index (χ0v) is 11.6. The number of aromatic hydroxyl groups is 2. The van der Waals surface area contributed by atoms with Crippen LogP contribution in [0.5, 0.6) is 17.2 Å². The predicted molar refractivity (Wildman–Crippen MR) is 80.3 cm³/mol. The second kappa shape index (κ2) is 7.64. The van der Waals surface area contributed by atoms with E-state index in [1.54, 1.807) is 0 Å². The van der Waals surface area contributed by atoms with E-state index in [4.69, 9.17) is 26.4 Å². The molecule has 0 saturated heterocycles. The number of carbonyl (C=O) groups excluding carboxylic acids is 1. The molecule has 6 N–H and O–H groups in total. The van der Waals surface area contributed by atoms with Gasteiger partial charge in [-0.25, -0.2) is 0 Å². The first-order valence-corrected chi connectivity index (χ1v) is 6.24. The van der Waals surface area contributed by atoms with Gasteiger partial charge in [0.15, 0.2) is 11.5 Å². The van der Waals surface area contributed by atoms with Gasteiger partial charge in [0.25, 0.3) is 5.91 Å². The monoisotopic (exact) mass is 290 g/mol. The average Bonchev–Trinajstić information content (AvgIpc) is 2.45. The smallest absolute Gasteiger partial charge is 0.252 e. The van der Waals surface area contributed by atoms with E-state index in [1.807, 2.05) is 31.2 Å². The molecule has 2 aromatic rings. The van der Waals surface area contributed by atoms with Crippen LogP contribution < -0.4 is 16.2 Å². The third kappa shape index (κ3) is 4.94. The number of nitrogens with two attached hydrogens (primary N) is 2. The first-order valence-electron chi connectivity index (χ1n) is 6.24. The number of benzene rings is 2. The zero-order valence-electron chi connectivity index (χ0n) is 11.6. The molecule has 0 heterocycles. The van der Waals surface area contributed by atoms with Gasteiger partial charge >= 0.3 is 0 Å². The summed E-state index contributed by atoms with van der Waals surface area (Å²) in [5.41, 5.74) is 11.0. The van der Waals surface area contributed by atoms with E-state index in [0.717, 1.165) is 11.4 Å². The molecule has 21 heavy (non-hydrogen) atoms. The van der Waals surface area contributed by atoms with Crippen molar-refractivity contribution in [2.24, 2.45) is 5.73 Å². The molecule has 0 aromatic heterocycles. The van der Waals surface area contributed by atoms with Crippen molar-refractivity contribution >= 4 is 11.6 Å². The van der Waals surface area contributed by atoms with Crippen LogP contribution in [-0.4, -0.2) is 22.7 Å². The summed E-state index contributed by atoms with van der Waals surface area (Å²) in [6.07, 6.45) is 0. The van der Waals surface area contributed by atoms with E-state index in [1.165, 1.54) is 18.2 Å². The maximum absolute atomic E-state index is 10.5. The summed E-state index contributed by atoms with van der Waals surface area (Å²) in [6, 6.07) is 11.4. The lowest BCUT2D eigenvalue weighted by molar-refractivity contribution is 0.0997. The van der Waals surface area contributed by atoms with Gasteiger partial charge in [-0.3, -0.25) is 4.79 Å². The summed E-state index contributed by atoms with van der Waals surface area (Å²) >= 11 is 0. The molecule has 0 bridgehead atoms. The van der Waals surface area contributed by atoms with Crippen LogP contribution in [0.2, 0.25) is 0 Å². The Kier molecular flexibility index (Phi) is 5.88. The number of phenols is 2. The predicted octanol–water partition coefficient (Wildman–Crippen LogP) is 1.86. The van der Waals surface area contributed by atoms with Crippen LogP contribution >= 0.6 is 0 Å². The summed E-state index contributed by atoms with van der Waals surface area (Å²) in [5, 5.41) is 17.9. The first-order chi connectivity index (χ1) is 9.95. The minimum atomic E-state index is -0.765. The van der Waals surface area contributed by atoms with Crippen molar-refractivity contribution in [1.82, 2.24) is 0 Å². The number of para-hydroxylation sites is 1. The Balaban J connectivity index is 0.000000211. The van der Waals surface area contributed by atoms with E-state index in [0.29, 0.717) is 6.61 Å². The van der Waals surface area contributed by atoms with Crippen LogP contribution in [0.25, 0.3) is 0 Å². The summed E-state index contributed by atoms with van der Waals surface area (Å²) < 4.78 is 5.21. The number of carbonyl (C=O) groups is 1. The summed E-state index contributed by atoms with van der Waals surface area (Å²) in [6.45, 7) is 2.65. The fraction of sp³-hybridized carbons (Fsp3) is 0.133. The highest BCUT2D eigenvalue weighted by Gasteiger charge is 2.09. The number of hydrogen-bond donors (Lipinski definition) is 4. The lowest BCUT2D eigenvalue weighted by Crippen LogP contribution is -2.10. The highest BCUT2D eigenvalue weighted by Crippen LogP contribution is 2.27. The molecule has 0 aliphatic heterocycles. The molecule has 0 spiro atoms. The SMILES string of the molecule is CCOc1ccc(N)cc1.NC(=O)c1cccc(O)c1O. The molecule has 0 radical (unpaired) electrons. The largest absolute Gasteiger partial charge is 0.504 e. The lowest BCUT2D eigenvalue weighted by Gasteiger charge is -2.01. The fourth-order valence-electron chi connectivity index (χ4n) is 1.46. The van der Waals surface area contributed by atoms with Crippen molar-refractivity contribution in [2.45, 2.75) is 6.92 Å². The second-order valence-corrected chi connectivity index (χ2v) is 4.04. The minimum absolute atomic E-state index is 0.0787. The third-order valence-corrected chi connectivity index (χ3v) is 2.47. The highest BCUT2D eigenvalue weighted by atomic mass is 16.5. The summed E-state index contributed by atoms with van der Waals surface area (Å²) in [5.74, 6) is -0.712. The molecular formula is C15H18N2O4. The Hall–Kier alpha value is -2.89. The molecule has 0 aliphatic carbocycles. The van der Waals surface area contributed by atoms with E-state index in [2.05, 4.69) is 0 Å². The number of amides is 1. The molecule has 0 unspecified atom stereocenters. The molecule has 0 saturated carbocycles. The highest BCUT2D eigenvalue weighted by molar-refractivity contribution is 5.96. The first kappa shape index (κ1) is 16.2. The Morgan fingerprint density at radius 2 is 1.76 bits per heavy atom. The van der Waals surface area contributed by atoms with Gasteiger partial charge in [-0.15, -0.1) is 0 Å². The number of nitrogen functional groups attached to an aromatic ring is 1. The molecular weight excluding hydrogens is 272 g/mol. The standard InChI is InChI=1S/C8H11NO.C7H7NO3/c1-2-10-8-5-3-7(9)4-6-8;8-7(11)4-2-1-3-5(9)6(4)10/h3-6H,2,9H2,1H3;1-3,9-10H,(H2,8,11). The van der Waals surface area contributed by atoms with Crippen molar-refractivity contribution < 1.29 is 19.7 Å². The Morgan fingerprint density at radius 3 is 2.24 bits per heavy atom.